The molecule has 0 aliphatic carbocycles. The standard InChI is InChI=1S/C14H19N5O2/c1-3-7-18(9-10-20)14(21)15-11(2)13-17-16-12-6-4-5-8-19(12)13/h3-6,8,11,20H,1,7,9-10H2,2H3,(H,15,21). The van der Waals surface area contributed by atoms with Crippen LogP contribution in [0.5, 0.6) is 0 Å². The highest BCUT2D eigenvalue weighted by molar-refractivity contribution is 5.74. The summed E-state index contributed by atoms with van der Waals surface area (Å²) in [5.74, 6) is 0.654. The summed E-state index contributed by atoms with van der Waals surface area (Å²) in [6, 6.07) is 5.03. The van der Waals surface area contributed by atoms with E-state index in [1.54, 1.807) is 6.08 Å². The fourth-order valence-corrected chi connectivity index (χ4v) is 2.05. The molecule has 0 saturated carbocycles. The van der Waals surface area contributed by atoms with E-state index in [4.69, 9.17) is 5.11 Å². The SMILES string of the molecule is C=CCN(CCO)C(=O)NC(C)c1nnc2ccccn12. The average molecular weight is 289 g/mol. The number of rotatable bonds is 6. The van der Waals surface area contributed by atoms with Crippen molar-refractivity contribution in [3.63, 3.8) is 0 Å². The fraction of sp³-hybridized carbons (Fsp3) is 0.357. The predicted octanol–water partition coefficient (Wildman–Crippen LogP) is 0.980. The number of aliphatic hydroxyl groups is 1. The summed E-state index contributed by atoms with van der Waals surface area (Å²) in [6.45, 7) is 5.98. The van der Waals surface area contributed by atoms with Crippen LogP contribution in [0.25, 0.3) is 5.65 Å². The van der Waals surface area contributed by atoms with Gasteiger partial charge in [0.05, 0.1) is 12.6 Å². The van der Waals surface area contributed by atoms with Crippen LogP contribution in [-0.2, 0) is 0 Å². The summed E-state index contributed by atoms with van der Waals surface area (Å²) in [7, 11) is 0. The van der Waals surface area contributed by atoms with Gasteiger partial charge in [-0.25, -0.2) is 4.79 Å². The first-order valence-corrected chi connectivity index (χ1v) is 6.74. The largest absolute Gasteiger partial charge is 0.395 e. The van der Waals surface area contributed by atoms with E-state index >= 15 is 0 Å². The number of hydrogen-bond donors (Lipinski definition) is 2. The van der Waals surface area contributed by atoms with Gasteiger partial charge in [0.25, 0.3) is 0 Å². The average Bonchev–Trinajstić information content (AvgIpc) is 2.91. The van der Waals surface area contributed by atoms with E-state index < -0.39 is 0 Å². The highest BCUT2D eigenvalue weighted by Crippen LogP contribution is 2.12. The van der Waals surface area contributed by atoms with Gasteiger partial charge in [-0.05, 0) is 19.1 Å². The zero-order valence-electron chi connectivity index (χ0n) is 11.9. The van der Waals surface area contributed by atoms with Gasteiger partial charge in [0.1, 0.15) is 0 Å². The molecule has 7 heteroatoms. The summed E-state index contributed by atoms with van der Waals surface area (Å²) < 4.78 is 1.83. The summed E-state index contributed by atoms with van der Waals surface area (Å²) in [5.41, 5.74) is 0.729. The molecule has 2 amide bonds. The number of carbonyl (C=O) groups excluding carboxylic acids is 1. The number of urea groups is 1. The van der Waals surface area contributed by atoms with Crippen molar-refractivity contribution < 1.29 is 9.90 Å². The lowest BCUT2D eigenvalue weighted by Gasteiger charge is -2.22. The Morgan fingerprint density at radius 1 is 1.57 bits per heavy atom. The maximum Gasteiger partial charge on any atom is 0.318 e. The van der Waals surface area contributed by atoms with Crippen LogP contribution < -0.4 is 5.32 Å². The molecule has 0 aliphatic rings. The zero-order valence-corrected chi connectivity index (χ0v) is 11.9. The van der Waals surface area contributed by atoms with E-state index in [-0.39, 0.29) is 25.2 Å². The topological polar surface area (TPSA) is 82.8 Å². The minimum absolute atomic E-state index is 0.0937. The van der Waals surface area contributed by atoms with Crippen LogP contribution in [0, 0.1) is 0 Å². The monoisotopic (exact) mass is 289 g/mol. The number of pyridine rings is 1. The van der Waals surface area contributed by atoms with Gasteiger partial charge in [-0.2, -0.15) is 0 Å². The van der Waals surface area contributed by atoms with Crippen molar-refractivity contribution in [2.75, 3.05) is 19.7 Å². The van der Waals surface area contributed by atoms with Crippen molar-refractivity contribution in [2.24, 2.45) is 0 Å². The van der Waals surface area contributed by atoms with Gasteiger partial charge in [0, 0.05) is 19.3 Å². The predicted molar refractivity (Wildman–Crippen MR) is 78.8 cm³/mol. The van der Waals surface area contributed by atoms with Crippen LogP contribution in [0.4, 0.5) is 4.79 Å². The summed E-state index contributed by atoms with van der Waals surface area (Å²) in [5, 5.41) is 20.0. The van der Waals surface area contributed by atoms with Crippen molar-refractivity contribution >= 4 is 11.7 Å². The maximum atomic E-state index is 12.2. The van der Waals surface area contributed by atoms with Crippen molar-refractivity contribution in [3.05, 3.63) is 42.9 Å². The Balaban J connectivity index is 2.11. The Morgan fingerprint density at radius 2 is 2.38 bits per heavy atom. The van der Waals surface area contributed by atoms with E-state index in [0.29, 0.717) is 12.4 Å². The van der Waals surface area contributed by atoms with Crippen LogP contribution in [0.3, 0.4) is 0 Å². The van der Waals surface area contributed by atoms with E-state index in [2.05, 4.69) is 22.1 Å². The molecule has 0 saturated heterocycles. The summed E-state index contributed by atoms with van der Waals surface area (Å²) in [6.07, 6.45) is 3.47. The third-order valence-corrected chi connectivity index (χ3v) is 3.07. The first kappa shape index (κ1) is 15.0. The molecule has 112 valence electrons. The zero-order chi connectivity index (χ0) is 15.2. The maximum absolute atomic E-state index is 12.2. The van der Waals surface area contributed by atoms with E-state index in [1.807, 2.05) is 35.7 Å². The molecule has 1 unspecified atom stereocenters. The van der Waals surface area contributed by atoms with Crippen LogP contribution >= 0.6 is 0 Å². The second kappa shape index (κ2) is 6.85. The molecule has 1 atom stereocenters. The molecule has 7 nitrogen and oxygen atoms in total. The van der Waals surface area contributed by atoms with Crippen LogP contribution in [0.2, 0.25) is 0 Å². The molecule has 2 N–H and O–H groups in total. The van der Waals surface area contributed by atoms with Crippen molar-refractivity contribution in [1.82, 2.24) is 24.8 Å². The highest BCUT2D eigenvalue weighted by Gasteiger charge is 2.18. The lowest BCUT2D eigenvalue weighted by Crippen LogP contribution is -2.42. The highest BCUT2D eigenvalue weighted by atomic mass is 16.3. The fourth-order valence-electron chi connectivity index (χ4n) is 2.05. The molecule has 0 aromatic carbocycles. The van der Waals surface area contributed by atoms with Gasteiger partial charge in [0.15, 0.2) is 11.5 Å². The number of nitrogens with one attached hydrogen (secondary N) is 1. The molecule has 2 rings (SSSR count). The lowest BCUT2D eigenvalue weighted by atomic mass is 10.3. The third-order valence-electron chi connectivity index (χ3n) is 3.07. The Labute approximate surface area is 122 Å². The second-order valence-electron chi connectivity index (χ2n) is 4.62. The molecule has 21 heavy (non-hydrogen) atoms. The molecule has 0 spiro atoms. The number of amides is 2. The number of hydrogen-bond acceptors (Lipinski definition) is 4. The Hall–Kier alpha value is -2.41. The first-order chi connectivity index (χ1) is 10.2. The van der Waals surface area contributed by atoms with Gasteiger partial charge in [-0.15, -0.1) is 16.8 Å². The quantitative estimate of drug-likeness (QED) is 0.777. The van der Waals surface area contributed by atoms with Crippen LogP contribution in [0.15, 0.2) is 37.1 Å². The van der Waals surface area contributed by atoms with Crippen molar-refractivity contribution in [1.29, 1.82) is 0 Å². The number of fused-ring (bicyclic) bond motifs is 1. The molecular formula is C14H19N5O2. The van der Waals surface area contributed by atoms with Crippen LogP contribution in [-0.4, -0.2) is 50.3 Å². The Kier molecular flexibility index (Phi) is 4.89. The second-order valence-corrected chi connectivity index (χ2v) is 4.62. The summed E-state index contributed by atoms with van der Waals surface area (Å²) in [4.78, 5) is 13.6. The number of nitrogens with zero attached hydrogens (tertiary/aromatic N) is 4. The molecular weight excluding hydrogens is 270 g/mol. The third kappa shape index (κ3) is 3.38. The molecule has 0 fully saturated rings. The van der Waals surface area contributed by atoms with Gasteiger partial charge in [-0.1, -0.05) is 12.1 Å². The van der Waals surface area contributed by atoms with Gasteiger partial charge in [-0.3, -0.25) is 4.40 Å². The van der Waals surface area contributed by atoms with Gasteiger partial charge in [0.2, 0.25) is 0 Å². The molecule has 0 aliphatic heterocycles. The molecule has 2 heterocycles. The first-order valence-electron chi connectivity index (χ1n) is 6.74. The molecule has 0 radical (unpaired) electrons. The Bertz CT molecular complexity index is 625. The smallest absolute Gasteiger partial charge is 0.318 e. The summed E-state index contributed by atoms with van der Waals surface area (Å²) >= 11 is 0. The molecule has 2 aromatic rings. The normalized spacial score (nSPS) is 12.1. The number of aliphatic hydroxyl groups excluding tert-OH is 1. The lowest BCUT2D eigenvalue weighted by molar-refractivity contribution is 0.180. The van der Waals surface area contributed by atoms with Gasteiger partial charge >= 0.3 is 6.03 Å². The Morgan fingerprint density at radius 3 is 3.10 bits per heavy atom. The van der Waals surface area contributed by atoms with E-state index in [1.165, 1.54) is 4.90 Å². The number of aromatic nitrogens is 3. The van der Waals surface area contributed by atoms with Crippen molar-refractivity contribution in [3.8, 4) is 0 Å². The minimum Gasteiger partial charge on any atom is -0.395 e. The van der Waals surface area contributed by atoms with E-state index in [9.17, 15) is 4.79 Å². The molecule has 0 bridgehead atoms. The van der Waals surface area contributed by atoms with E-state index in [0.717, 1.165) is 5.65 Å². The van der Waals surface area contributed by atoms with Gasteiger partial charge < -0.3 is 15.3 Å². The molecule has 2 aromatic heterocycles. The minimum atomic E-state index is -0.305. The van der Waals surface area contributed by atoms with Crippen molar-refractivity contribution in [2.45, 2.75) is 13.0 Å². The number of carbonyl (C=O) groups is 1. The van der Waals surface area contributed by atoms with Crippen LogP contribution in [0.1, 0.15) is 18.8 Å².